The lowest BCUT2D eigenvalue weighted by atomic mass is 9.83. The number of rotatable bonds is 3. The summed E-state index contributed by atoms with van der Waals surface area (Å²) in [7, 11) is 0. The van der Waals surface area contributed by atoms with Crippen LogP contribution >= 0.6 is 0 Å². The highest BCUT2D eigenvalue weighted by molar-refractivity contribution is 4.93. The van der Waals surface area contributed by atoms with Crippen molar-refractivity contribution in [3.63, 3.8) is 0 Å². The van der Waals surface area contributed by atoms with Crippen molar-refractivity contribution < 1.29 is 9.84 Å². The van der Waals surface area contributed by atoms with E-state index < -0.39 is 0 Å². The van der Waals surface area contributed by atoms with Gasteiger partial charge in [0.1, 0.15) is 5.69 Å². The fourth-order valence-electron chi connectivity index (χ4n) is 3.30. The van der Waals surface area contributed by atoms with Crippen LogP contribution < -0.4 is 0 Å². The molecule has 18 heavy (non-hydrogen) atoms. The summed E-state index contributed by atoms with van der Waals surface area (Å²) in [5, 5.41) is 16.9. The van der Waals surface area contributed by atoms with Crippen LogP contribution in [0.15, 0.2) is 6.20 Å². The smallest absolute Gasteiger partial charge is 0.108 e. The second-order valence-corrected chi connectivity index (χ2v) is 5.61. The molecular weight excluding hydrogens is 230 g/mol. The van der Waals surface area contributed by atoms with Crippen LogP contribution in [-0.2, 0) is 17.9 Å². The van der Waals surface area contributed by atoms with Gasteiger partial charge in [-0.1, -0.05) is 24.5 Å². The Bertz CT molecular complexity index is 399. The maximum atomic E-state index is 8.96. The largest absolute Gasteiger partial charge is 0.390 e. The summed E-state index contributed by atoms with van der Waals surface area (Å²) in [4.78, 5) is 0. The molecule has 0 bridgehead atoms. The topological polar surface area (TPSA) is 60.2 Å². The van der Waals surface area contributed by atoms with Gasteiger partial charge in [-0.25, -0.2) is 4.68 Å². The van der Waals surface area contributed by atoms with Crippen LogP contribution in [0.3, 0.4) is 0 Å². The standard InChI is InChI=1S/C13H21N3O2/c17-10-11-8-16(15-14-11)9-12-4-7-13(18-12)5-2-1-3-6-13/h8,12,17H,1-7,9-10H2. The van der Waals surface area contributed by atoms with Gasteiger partial charge in [0.05, 0.1) is 31.1 Å². The highest BCUT2D eigenvalue weighted by Crippen LogP contribution is 2.42. The Morgan fingerprint density at radius 1 is 1.33 bits per heavy atom. The first-order valence-electron chi connectivity index (χ1n) is 6.97. The van der Waals surface area contributed by atoms with E-state index in [0.29, 0.717) is 5.69 Å². The van der Waals surface area contributed by atoms with Crippen molar-refractivity contribution in [1.82, 2.24) is 15.0 Å². The maximum absolute atomic E-state index is 8.96. The minimum Gasteiger partial charge on any atom is -0.390 e. The Balaban J connectivity index is 1.58. The molecule has 100 valence electrons. The van der Waals surface area contributed by atoms with Crippen molar-refractivity contribution in [2.45, 2.75) is 69.8 Å². The van der Waals surface area contributed by atoms with Gasteiger partial charge in [0.15, 0.2) is 0 Å². The predicted octanol–water partition coefficient (Wildman–Crippen LogP) is 1.65. The third-order valence-electron chi connectivity index (χ3n) is 4.24. The quantitative estimate of drug-likeness (QED) is 0.887. The Labute approximate surface area is 107 Å². The van der Waals surface area contributed by atoms with Gasteiger partial charge in [-0.3, -0.25) is 0 Å². The van der Waals surface area contributed by atoms with E-state index in [1.54, 1.807) is 10.9 Å². The van der Waals surface area contributed by atoms with Crippen LogP contribution in [0.1, 0.15) is 50.6 Å². The Morgan fingerprint density at radius 2 is 2.17 bits per heavy atom. The summed E-state index contributed by atoms with van der Waals surface area (Å²) >= 11 is 0. The summed E-state index contributed by atoms with van der Waals surface area (Å²) in [6, 6.07) is 0. The molecule has 1 aromatic heterocycles. The van der Waals surface area contributed by atoms with Crippen molar-refractivity contribution in [2.75, 3.05) is 0 Å². The zero-order chi connectivity index (χ0) is 12.4. The number of ether oxygens (including phenoxy) is 1. The zero-order valence-corrected chi connectivity index (χ0v) is 10.7. The van der Waals surface area contributed by atoms with Gasteiger partial charge in [-0.05, 0) is 25.7 Å². The second kappa shape index (κ2) is 4.97. The van der Waals surface area contributed by atoms with Crippen molar-refractivity contribution in [3.8, 4) is 0 Å². The zero-order valence-electron chi connectivity index (χ0n) is 10.7. The Kier molecular flexibility index (Phi) is 3.35. The molecule has 2 aliphatic rings. The van der Waals surface area contributed by atoms with Crippen LogP contribution in [0.4, 0.5) is 0 Å². The third-order valence-corrected chi connectivity index (χ3v) is 4.24. The van der Waals surface area contributed by atoms with Crippen LogP contribution in [0, 0.1) is 0 Å². The molecule has 1 aromatic rings. The first kappa shape index (κ1) is 12.1. The molecule has 1 saturated heterocycles. The molecule has 1 aliphatic heterocycles. The van der Waals surface area contributed by atoms with Gasteiger partial charge in [0.2, 0.25) is 0 Å². The minimum atomic E-state index is -0.0462. The number of aromatic nitrogens is 3. The lowest BCUT2D eigenvalue weighted by Gasteiger charge is -2.33. The van der Waals surface area contributed by atoms with Gasteiger partial charge >= 0.3 is 0 Å². The van der Waals surface area contributed by atoms with E-state index in [-0.39, 0.29) is 18.3 Å². The van der Waals surface area contributed by atoms with Gasteiger partial charge in [-0.15, -0.1) is 5.10 Å². The van der Waals surface area contributed by atoms with E-state index in [1.807, 2.05) is 0 Å². The van der Waals surface area contributed by atoms with Crippen LogP contribution in [-0.4, -0.2) is 31.8 Å². The average Bonchev–Trinajstić information content (AvgIpc) is 2.99. The second-order valence-electron chi connectivity index (χ2n) is 5.61. The third kappa shape index (κ3) is 2.42. The van der Waals surface area contributed by atoms with Crippen molar-refractivity contribution in [3.05, 3.63) is 11.9 Å². The van der Waals surface area contributed by atoms with E-state index in [4.69, 9.17) is 9.84 Å². The molecule has 3 rings (SSSR count). The number of aliphatic hydroxyl groups excluding tert-OH is 1. The molecule has 2 fully saturated rings. The van der Waals surface area contributed by atoms with Crippen molar-refractivity contribution in [1.29, 1.82) is 0 Å². The van der Waals surface area contributed by atoms with E-state index in [2.05, 4.69) is 10.3 Å². The highest BCUT2D eigenvalue weighted by Gasteiger charge is 2.40. The maximum Gasteiger partial charge on any atom is 0.108 e. The normalized spacial score (nSPS) is 26.8. The summed E-state index contributed by atoms with van der Waals surface area (Å²) < 4.78 is 8.08. The number of hydrogen-bond donors (Lipinski definition) is 1. The van der Waals surface area contributed by atoms with Gasteiger partial charge in [0, 0.05) is 0 Å². The lowest BCUT2D eigenvalue weighted by molar-refractivity contribution is -0.0689. The number of nitrogens with zero attached hydrogens (tertiary/aromatic N) is 3. The van der Waals surface area contributed by atoms with E-state index >= 15 is 0 Å². The molecule has 1 N–H and O–H groups in total. The predicted molar refractivity (Wildman–Crippen MR) is 65.9 cm³/mol. The summed E-state index contributed by atoms with van der Waals surface area (Å²) in [5.41, 5.74) is 0.795. The molecule has 1 aliphatic carbocycles. The summed E-state index contributed by atoms with van der Waals surface area (Å²) in [6.07, 6.45) is 10.8. The fraction of sp³-hybridized carbons (Fsp3) is 0.846. The summed E-state index contributed by atoms with van der Waals surface area (Å²) in [6.45, 7) is 0.713. The molecule has 5 nitrogen and oxygen atoms in total. The molecular formula is C13H21N3O2. The van der Waals surface area contributed by atoms with Crippen molar-refractivity contribution in [2.24, 2.45) is 0 Å². The Morgan fingerprint density at radius 3 is 2.89 bits per heavy atom. The molecule has 1 spiro atoms. The van der Waals surface area contributed by atoms with Crippen LogP contribution in [0.5, 0.6) is 0 Å². The molecule has 1 unspecified atom stereocenters. The van der Waals surface area contributed by atoms with E-state index in [0.717, 1.165) is 13.0 Å². The van der Waals surface area contributed by atoms with Crippen molar-refractivity contribution >= 4 is 0 Å². The molecule has 0 radical (unpaired) electrons. The van der Waals surface area contributed by atoms with Gasteiger partial charge in [-0.2, -0.15) is 0 Å². The van der Waals surface area contributed by atoms with E-state index in [1.165, 1.54) is 38.5 Å². The molecule has 1 saturated carbocycles. The SMILES string of the molecule is OCc1cn(CC2CCC3(CCCCC3)O2)nn1. The average molecular weight is 251 g/mol. The first-order valence-corrected chi connectivity index (χ1v) is 6.97. The first-order chi connectivity index (χ1) is 8.80. The molecule has 1 atom stereocenters. The molecule has 0 aromatic carbocycles. The molecule has 0 amide bonds. The lowest BCUT2D eigenvalue weighted by Crippen LogP contribution is -2.32. The fourth-order valence-corrected chi connectivity index (χ4v) is 3.30. The number of hydrogen-bond acceptors (Lipinski definition) is 4. The summed E-state index contributed by atoms with van der Waals surface area (Å²) in [5.74, 6) is 0. The van der Waals surface area contributed by atoms with Crippen LogP contribution in [0.25, 0.3) is 0 Å². The van der Waals surface area contributed by atoms with Gasteiger partial charge in [0.25, 0.3) is 0 Å². The molecule has 2 heterocycles. The number of aliphatic hydroxyl groups is 1. The monoisotopic (exact) mass is 251 g/mol. The highest BCUT2D eigenvalue weighted by atomic mass is 16.5. The Hall–Kier alpha value is -0.940. The molecule has 5 heteroatoms. The van der Waals surface area contributed by atoms with E-state index in [9.17, 15) is 0 Å². The van der Waals surface area contributed by atoms with Crippen LogP contribution in [0.2, 0.25) is 0 Å². The van der Waals surface area contributed by atoms with Gasteiger partial charge < -0.3 is 9.84 Å². The minimum absolute atomic E-state index is 0.0462.